The number of anilines is 1. The third-order valence-electron chi connectivity index (χ3n) is 5.51. The highest BCUT2D eigenvalue weighted by molar-refractivity contribution is 9.10. The van der Waals surface area contributed by atoms with Gasteiger partial charge in [-0.1, -0.05) is 29.8 Å². The van der Waals surface area contributed by atoms with E-state index in [1.807, 2.05) is 26.8 Å². The van der Waals surface area contributed by atoms with E-state index in [-0.39, 0.29) is 18.1 Å². The number of nitrogens with one attached hydrogen (secondary N) is 1. The minimum atomic E-state index is -0.415. The predicted octanol–water partition coefficient (Wildman–Crippen LogP) is 6.48. The highest BCUT2D eigenvalue weighted by Gasteiger charge is 2.15. The van der Waals surface area contributed by atoms with Crippen LogP contribution in [0.4, 0.5) is 10.1 Å². The van der Waals surface area contributed by atoms with Crippen molar-refractivity contribution >= 4 is 60.6 Å². The maximum Gasteiger partial charge on any atom is 0.282 e. The molecule has 202 valence electrons. The maximum absolute atomic E-state index is 13.3. The summed E-state index contributed by atoms with van der Waals surface area (Å²) in [6.45, 7) is 5.79. The molecule has 0 saturated carbocycles. The standard InChI is InChI=1S/C28H25Br2FN4O4/c1-4-38-24-11-17(22(30)13-25(24)39-15-26(36)33-20-8-6-19(31)7-9-20)14-32-35-27(16(2)3)34-23-10-5-18(29)12-21(23)28(35)37/h5-14,16H,4,15H2,1-3H3,(H,33,36). The van der Waals surface area contributed by atoms with Gasteiger partial charge in [0.25, 0.3) is 11.5 Å². The van der Waals surface area contributed by atoms with Gasteiger partial charge in [-0.2, -0.15) is 9.78 Å². The fraction of sp³-hybridized carbons (Fsp3) is 0.214. The van der Waals surface area contributed by atoms with Crippen LogP contribution in [0.5, 0.6) is 11.5 Å². The van der Waals surface area contributed by atoms with Crippen LogP contribution in [0.25, 0.3) is 10.9 Å². The fourth-order valence-corrected chi connectivity index (χ4v) is 4.46. The summed E-state index contributed by atoms with van der Waals surface area (Å²) in [6, 6.07) is 14.2. The van der Waals surface area contributed by atoms with E-state index in [2.05, 4.69) is 47.3 Å². The molecule has 8 nitrogen and oxygen atoms in total. The second-order valence-electron chi connectivity index (χ2n) is 8.74. The Labute approximate surface area is 241 Å². The number of hydrogen-bond acceptors (Lipinski definition) is 6. The van der Waals surface area contributed by atoms with Crippen molar-refractivity contribution in [2.45, 2.75) is 26.7 Å². The van der Waals surface area contributed by atoms with Crippen molar-refractivity contribution in [1.29, 1.82) is 0 Å². The third-order valence-corrected chi connectivity index (χ3v) is 6.69. The topological polar surface area (TPSA) is 94.8 Å². The molecule has 0 unspecified atom stereocenters. The number of rotatable bonds is 9. The van der Waals surface area contributed by atoms with Gasteiger partial charge >= 0.3 is 0 Å². The Hall–Kier alpha value is -3.57. The average molecular weight is 660 g/mol. The molecule has 39 heavy (non-hydrogen) atoms. The fourth-order valence-electron chi connectivity index (χ4n) is 3.68. The lowest BCUT2D eigenvalue weighted by Crippen LogP contribution is -2.23. The normalized spacial score (nSPS) is 11.4. The Morgan fingerprint density at radius 3 is 2.51 bits per heavy atom. The number of ether oxygens (including phenoxy) is 2. The number of carbonyl (C=O) groups is 1. The molecule has 0 aliphatic carbocycles. The van der Waals surface area contributed by atoms with Crippen molar-refractivity contribution in [3.63, 3.8) is 0 Å². The Morgan fingerprint density at radius 2 is 1.82 bits per heavy atom. The highest BCUT2D eigenvalue weighted by Crippen LogP contribution is 2.33. The van der Waals surface area contributed by atoms with Crippen molar-refractivity contribution in [2.75, 3.05) is 18.5 Å². The molecular formula is C28H25Br2FN4O4. The van der Waals surface area contributed by atoms with E-state index < -0.39 is 11.7 Å². The van der Waals surface area contributed by atoms with E-state index in [1.165, 1.54) is 35.2 Å². The minimum Gasteiger partial charge on any atom is -0.490 e. The maximum atomic E-state index is 13.3. The molecule has 1 aromatic heterocycles. The van der Waals surface area contributed by atoms with Gasteiger partial charge < -0.3 is 14.8 Å². The summed E-state index contributed by atoms with van der Waals surface area (Å²) < 4.78 is 27.2. The first kappa shape index (κ1) is 28.4. The number of aromatic nitrogens is 2. The first-order valence-corrected chi connectivity index (χ1v) is 13.7. The molecule has 0 aliphatic heterocycles. The third kappa shape index (κ3) is 6.90. The van der Waals surface area contributed by atoms with E-state index in [0.717, 1.165) is 4.47 Å². The zero-order chi connectivity index (χ0) is 28.1. The van der Waals surface area contributed by atoms with Crippen LogP contribution in [0, 0.1) is 5.82 Å². The molecule has 3 aromatic carbocycles. The summed E-state index contributed by atoms with van der Waals surface area (Å²) >= 11 is 6.93. The Morgan fingerprint density at radius 1 is 1.10 bits per heavy atom. The zero-order valence-electron chi connectivity index (χ0n) is 21.4. The quantitative estimate of drug-likeness (QED) is 0.208. The number of amides is 1. The van der Waals surface area contributed by atoms with Crippen LogP contribution in [-0.2, 0) is 4.79 Å². The molecule has 11 heteroatoms. The molecule has 1 amide bonds. The second-order valence-corrected chi connectivity index (χ2v) is 10.5. The van der Waals surface area contributed by atoms with Crippen molar-refractivity contribution in [3.8, 4) is 11.5 Å². The average Bonchev–Trinajstić information content (AvgIpc) is 2.90. The van der Waals surface area contributed by atoms with E-state index in [0.29, 0.717) is 50.6 Å². The van der Waals surface area contributed by atoms with Crippen LogP contribution in [0.15, 0.2) is 73.4 Å². The Balaban J connectivity index is 1.61. The van der Waals surface area contributed by atoms with Crippen LogP contribution < -0.4 is 20.3 Å². The van der Waals surface area contributed by atoms with Crippen LogP contribution >= 0.6 is 31.9 Å². The van der Waals surface area contributed by atoms with Gasteiger partial charge in [-0.05, 0) is 77.5 Å². The minimum absolute atomic E-state index is 0.0536. The van der Waals surface area contributed by atoms with E-state index in [9.17, 15) is 14.0 Å². The zero-order valence-corrected chi connectivity index (χ0v) is 24.5. The summed E-state index contributed by atoms with van der Waals surface area (Å²) in [6.07, 6.45) is 1.54. The van der Waals surface area contributed by atoms with Crippen LogP contribution in [0.1, 0.15) is 38.1 Å². The summed E-state index contributed by atoms with van der Waals surface area (Å²) in [5.74, 6) is 0.402. The molecule has 4 aromatic rings. The molecule has 0 atom stereocenters. The lowest BCUT2D eigenvalue weighted by molar-refractivity contribution is -0.118. The Bertz CT molecular complexity index is 1600. The smallest absolute Gasteiger partial charge is 0.282 e. The molecule has 4 rings (SSSR count). The second kappa shape index (κ2) is 12.5. The lowest BCUT2D eigenvalue weighted by Gasteiger charge is -2.14. The number of carbonyl (C=O) groups excluding carboxylic acids is 1. The predicted molar refractivity (Wildman–Crippen MR) is 157 cm³/mol. The monoisotopic (exact) mass is 658 g/mol. The van der Waals surface area contributed by atoms with Gasteiger partial charge in [0.05, 0.1) is 23.7 Å². The largest absolute Gasteiger partial charge is 0.490 e. The lowest BCUT2D eigenvalue weighted by atomic mass is 10.2. The van der Waals surface area contributed by atoms with Crippen LogP contribution in [0.2, 0.25) is 0 Å². The number of halogens is 3. The first-order valence-electron chi connectivity index (χ1n) is 12.1. The van der Waals surface area contributed by atoms with Gasteiger partial charge in [0, 0.05) is 26.1 Å². The van der Waals surface area contributed by atoms with Crippen molar-refractivity contribution in [3.05, 3.63) is 91.1 Å². The van der Waals surface area contributed by atoms with Gasteiger partial charge in [-0.25, -0.2) is 9.37 Å². The van der Waals surface area contributed by atoms with Crippen LogP contribution in [0.3, 0.4) is 0 Å². The number of hydrogen-bond donors (Lipinski definition) is 1. The summed E-state index contributed by atoms with van der Waals surface area (Å²) in [4.78, 5) is 30.3. The first-order chi connectivity index (χ1) is 18.7. The van der Waals surface area contributed by atoms with Crippen molar-refractivity contribution in [2.24, 2.45) is 5.10 Å². The van der Waals surface area contributed by atoms with E-state index in [1.54, 1.807) is 24.3 Å². The van der Waals surface area contributed by atoms with E-state index >= 15 is 0 Å². The van der Waals surface area contributed by atoms with E-state index in [4.69, 9.17) is 9.47 Å². The van der Waals surface area contributed by atoms with Gasteiger partial charge in [0.2, 0.25) is 0 Å². The molecule has 0 radical (unpaired) electrons. The van der Waals surface area contributed by atoms with Gasteiger partial charge in [-0.3, -0.25) is 9.59 Å². The number of fused-ring (bicyclic) bond motifs is 1. The Kier molecular flexibility index (Phi) is 9.13. The van der Waals surface area contributed by atoms with Gasteiger partial charge in [0.1, 0.15) is 11.6 Å². The molecule has 0 spiro atoms. The summed E-state index contributed by atoms with van der Waals surface area (Å²) in [7, 11) is 0. The molecule has 0 saturated heterocycles. The van der Waals surface area contributed by atoms with Gasteiger partial charge in [0.15, 0.2) is 18.1 Å². The van der Waals surface area contributed by atoms with Crippen molar-refractivity contribution in [1.82, 2.24) is 9.66 Å². The summed E-state index contributed by atoms with van der Waals surface area (Å²) in [5.41, 5.74) is 1.39. The molecular weight excluding hydrogens is 635 g/mol. The molecule has 0 bridgehead atoms. The van der Waals surface area contributed by atoms with Crippen LogP contribution in [-0.4, -0.2) is 35.0 Å². The summed E-state index contributed by atoms with van der Waals surface area (Å²) in [5, 5.41) is 7.57. The number of nitrogens with zero attached hydrogens (tertiary/aromatic N) is 3. The van der Waals surface area contributed by atoms with Crippen molar-refractivity contribution < 1.29 is 18.7 Å². The highest BCUT2D eigenvalue weighted by atomic mass is 79.9. The molecule has 0 aliphatic rings. The number of benzene rings is 3. The molecule has 1 heterocycles. The molecule has 1 N–H and O–H groups in total. The SMILES string of the molecule is CCOc1cc(C=Nn2c(C(C)C)nc3ccc(Br)cc3c2=O)c(Br)cc1OCC(=O)Nc1ccc(F)cc1. The van der Waals surface area contributed by atoms with Gasteiger partial charge in [-0.15, -0.1) is 0 Å². The molecule has 0 fully saturated rings.